The Morgan fingerprint density at radius 3 is 2.53 bits per heavy atom. The predicted molar refractivity (Wildman–Crippen MR) is 64.6 cm³/mol. The fraction of sp³-hybridized carbons (Fsp3) is 0.154. The maximum absolute atomic E-state index is 10.9. The summed E-state index contributed by atoms with van der Waals surface area (Å²) < 4.78 is 0. The van der Waals surface area contributed by atoms with Gasteiger partial charge in [0.15, 0.2) is 6.29 Å². The van der Waals surface area contributed by atoms with E-state index < -0.39 is 0 Å². The third kappa shape index (κ3) is 2.00. The highest BCUT2D eigenvalue weighted by atomic mass is 32.1. The Morgan fingerprint density at radius 2 is 1.93 bits per heavy atom. The van der Waals surface area contributed by atoms with Crippen molar-refractivity contribution in [3.05, 3.63) is 46.3 Å². The summed E-state index contributed by atoms with van der Waals surface area (Å²) in [5.41, 5.74) is 4.24. The van der Waals surface area contributed by atoms with Crippen molar-refractivity contribution in [3.8, 4) is 10.4 Å². The van der Waals surface area contributed by atoms with Crippen molar-refractivity contribution in [1.82, 2.24) is 0 Å². The Labute approximate surface area is 93.4 Å². The molecule has 0 aliphatic heterocycles. The molecule has 76 valence electrons. The molecule has 0 atom stereocenters. The van der Waals surface area contributed by atoms with E-state index in [1.807, 2.05) is 19.1 Å². The van der Waals surface area contributed by atoms with Gasteiger partial charge in [0.25, 0.3) is 0 Å². The highest BCUT2D eigenvalue weighted by Gasteiger charge is 2.06. The topological polar surface area (TPSA) is 17.1 Å². The number of benzene rings is 1. The molecular formula is C13H12OS. The Hall–Kier alpha value is -1.41. The van der Waals surface area contributed by atoms with Crippen LogP contribution in [0.1, 0.15) is 21.5 Å². The number of aldehydes is 1. The van der Waals surface area contributed by atoms with Gasteiger partial charge in [0.2, 0.25) is 0 Å². The molecule has 2 rings (SSSR count). The van der Waals surface area contributed by atoms with Crippen LogP contribution < -0.4 is 0 Å². The normalized spacial score (nSPS) is 10.3. The van der Waals surface area contributed by atoms with Crippen LogP contribution in [0.3, 0.4) is 0 Å². The molecule has 15 heavy (non-hydrogen) atoms. The summed E-state index contributed by atoms with van der Waals surface area (Å²) in [5, 5.41) is 2.10. The first-order valence-electron chi connectivity index (χ1n) is 4.82. The van der Waals surface area contributed by atoms with Gasteiger partial charge >= 0.3 is 0 Å². The Morgan fingerprint density at radius 1 is 1.13 bits per heavy atom. The molecule has 0 N–H and O–H groups in total. The minimum Gasteiger partial charge on any atom is -0.298 e. The van der Waals surface area contributed by atoms with Crippen LogP contribution in [0.25, 0.3) is 10.4 Å². The van der Waals surface area contributed by atoms with Crippen molar-refractivity contribution in [1.29, 1.82) is 0 Å². The smallest absolute Gasteiger partial charge is 0.150 e. The number of thiophene rings is 1. The summed E-state index contributed by atoms with van der Waals surface area (Å²) >= 11 is 1.68. The van der Waals surface area contributed by atoms with Crippen LogP contribution in [0.15, 0.2) is 29.6 Å². The first-order chi connectivity index (χ1) is 7.20. The zero-order valence-electron chi connectivity index (χ0n) is 8.78. The van der Waals surface area contributed by atoms with Crippen LogP contribution in [-0.2, 0) is 0 Å². The number of carbonyl (C=O) groups excluding carboxylic acids is 1. The molecule has 0 saturated heterocycles. The molecule has 0 amide bonds. The molecule has 1 aromatic carbocycles. The van der Waals surface area contributed by atoms with Crippen LogP contribution in [-0.4, -0.2) is 6.29 Å². The number of aryl methyl sites for hydroxylation is 2. The van der Waals surface area contributed by atoms with Gasteiger partial charge in [0.05, 0.1) is 0 Å². The van der Waals surface area contributed by atoms with E-state index in [4.69, 9.17) is 0 Å². The molecule has 0 spiro atoms. The lowest BCUT2D eigenvalue weighted by molar-refractivity contribution is 0.112. The van der Waals surface area contributed by atoms with Crippen molar-refractivity contribution in [3.63, 3.8) is 0 Å². The fourth-order valence-corrected chi connectivity index (χ4v) is 2.50. The van der Waals surface area contributed by atoms with Gasteiger partial charge in [-0.3, -0.25) is 4.79 Å². The van der Waals surface area contributed by atoms with Gasteiger partial charge in [-0.2, -0.15) is 0 Å². The van der Waals surface area contributed by atoms with Gasteiger partial charge in [-0.1, -0.05) is 17.7 Å². The summed E-state index contributed by atoms with van der Waals surface area (Å²) in [6.45, 7) is 4.11. The Kier molecular flexibility index (Phi) is 2.69. The minimum absolute atomic E-state index is 0.766. The largest absolute Gasteiger partial charge is 0.298 e. The average molecular weight is 216 g/mol. The lowest BCUT2D eigenvalue weighted by atomic mass is 10.0. The quantitative estimate of drug-likeness (QED) is 0.697. The average Bonchev–Trinajstić information content (AvgIpc) is 2.65. The predicted octanol–water partition coefficient (Wildman–Crippen LogP) is 3.84. The first-order valence-corrected chi connectivity index (χ1v) is 5.70. The Balaban J connectivity index is 2.59. The highest BCUT2D eigenvalue weighted by molar-refractivity contribution is 7.13. The van der Waals surface area contributed by atoms with Gasteiger partial charge < -0.3 is 0 Å². The maximum Gasteiger partial charge on any atom is 0.150 e. The number of carbonyl (C=O) groups is 1. The first kappa shape index (κ1) is 10.1. The van der Waals surface area contributed by atoms with Gasteiger partial charge in [-0.25, -0.2) is 0 Å². The molecule has 2 heteroatoms. The van der Waals surface area contributed by atoms with E-state index in [1.165, 1.54) is 16.0 Å². The van der Waals surface area contributed by atoms with E-state index in [1.54, 1.807) is 11.3 Å². The van der Waals surface area contributed by atoms with Gasteiger partial charge in [-0.15, -0.1) is 11.3 Å². The van der Waals surface area contributed by atoms with Crippen molar-refractivity contribution in [2.45, 2.75) is 13.8 Å². The molecule has 2 aromatic rings. The number of rotatable bonds is 2. The molecule has 0 radical (unpaired) electrons. The molecule has 0 fully saturated rings. The zero-order valence-corrected chi connectivity index (χ0v) is 9.60. The standard InChI is InChI=1S/C13H12OS/c1-9-3-4-11(7-14)12(5-9)13-6-10(2)8-15-13/h3-8H,1-2H3. The third-order valence-electron chi connectivity index (χ3n) is 2.33. The van der Waals surface area contributed by atoms with Crippen molar-refractivity contribution in [2.24, 2.45) is 0 Å². The van der Waals surface area contributed by atoms with Crippen LogP contribution in [0.4, 0.5) is 0 Å². The molecule has 1 aromatic heterocycles. The minimum atomic E-state index is 0.766. The van der Waals surface area contributed by atoms with Crippen LogP contribution in [0, 0.1) is 13.8 Å². The van der Waals surface area contributed by atoms with Crippen LogP contribution in [0.5, 0.6) is 0 Å². The monoisotopic (exact) mass is 216 g/mol. The molecule has 0 aliphatic rings. The van der Waals surface area contributed by atoms with Gasteiger partial charge in [-0.05, 0) is 36.9 Å². The van der Waals surface area contributed by atoms with Crippen molar-refractivity contribution >= 4 is 17.6 Å². The number of hydrogen-bond acceptors (Lipinski definition) is 2. The molecule has 0 saturated carbocycles. The lowest BCUT2D eigenvalue weighted by Gasteiger charge is -2.03. The molecule has 1 heterocycles. The second kappa shape index (κ2) is 3.99. The number of hydrogen-bond donors (Lipinski definition) is 0. The van der Waals surface area contributed by atoms with E-state index in [9.17, 15) is 4.79 Å². The Bertz CT molecular complexity index is 497. The summed E-state index contributed by atoms with van der Waals surface area (Å²) in [4.78, 5) is 12.1. The van der Waals surface area contributed by atoms with E-state index in [0.717, 1.165) is 17.4 Å². The summed E-state index contributed by atoms with van der Waals surface area (Å²) in [6, 6.07) is 8.03. The second-order valence-corrected chi connectivity index (χ2v) is 4.61. The van der Waals surface area contributed by atoms with Gasteiger partial charge in [0.1, 0.15) is 0 Å². The highest BCUT2D eigenvalue weighted by Crippen LogP contribution is 2.29. The second-order valence-electron chi connectivity index (χ2n) is 3.70. The van der Waals surface area contributed by atoms with Crippen molar-refractivity contribution < 1.29 is 4.79 Å². The van der Waals surface area contributed by atoms with E-state index in [2.05, 4.69) is 24.4 Å². The fourth-order valence-electron chi connectivity index (χ4n) is 1.56. The molecular weight excluding hydrogens is 204 g/mol. The molecule has 1 nitrogen and oxygen atoms in total. The maximum atomic E-state index is 10.9. The van der Waals surface area contributed by atoms with E-state index >= 15 is 0 Å². The van der Waals surface area contributed by atoms with Gasteiger partial charge in [0, 0.05) is 16.0 Å². The van der Waals surface area contributed by atoms with Crippen molar-refractivity contribution in [2.75, 3.05) is 0 Å². The molecule has 0 unspecified atom stereocenters. The lowest BCUT2D eigenvalue weighted by Crippen LogP contribution is -1.86. The SMILES string of the molecule is Cc1csc(-c2cc(C)ccc2C=O)c1. The van der Waals surface area contributed by atoms with Crippen LogP contribution in [0.2, 0.25) is 0 Å². The third-order valence-corrected chi connectivity index (χ3v) is 3.41. The molecule has 0 bridgehead atoms. The van der Waals surface area contributed by atoms with Crippen LogP contribution >= 0.6 is 11.3 Å². The van der Waals surface area contributed by atoms with E-state index in [-0.39, 0.29) is 0 Å². The summed E-state index contributed by atoms with van der Waals surface area (Å²) in [6.07, 6.45) is 0.920. The van der Waals surface area contributed by atoms with E-state index in [0.29, 0.717) is 0 Å². The summed E-state index contributed by atoms with van der Waals surface area (Å²) in [5.74, 6) is 0. The molecule has 0 aliphatic carbocycles. The summed E-state index contributed by atoms with van der Waals surface area (Å²) in [7, 11) is 0. The zero-order chi connectivity index (χ0) is 10.8.